The highest BCUT2D eigenvalue weighted by Crippen LogP contribution is 2.19. The van der Waals surface area contributed by atoms with Gasteiger partial charge in [0.15, 0.2) is 0 Å². The van der Waals surface area contributed by atoms with Crippen LogP contribution in [-0.4, -0.2) is 14.8 Å². The Morgan fingerprint density at radius 2 is 2.16 bits per heavy atom. The van der Waals surface area contributed by atoms with E-state index in [2.05, 4.69) is 29.4 Å². The molecule has 5 heteroatoms. The zero-order valence-electron chi connectivity index (χ0n) is 11.7. The molecule has 1 unspecified atom stereocenters. The van der Waals surface area contributed by atoms with Crippen molar-refractivity contribution in [2.45, 2.75) is 39.3 Å². The maximum absolute atomic E-state index is 5.68. The molecule has 19 heavy (non-hydrogen) atoms. The van der Waals surface area contributed by atoms with Crippen molar-refractivity contribution in [3.05, 3.63) is 47.5 Å². The van der Waals surface area contributed by atoms with Gasteiger partial charge in [0.05, 0.1) is 11.7 Å². The number of hydrazine groups is 1. The summed E-state index contributed by atoms with van der Waals surface area (Å²) in [5.74, 6) is 5.68. The number of hydrogen-bond acceptors (Lipinski definition) is 4. The van der Waals surface area contributed by atoms with Crippen LogP contribution in [0.15, 0.2) is 30.6 Å². The fraction of sp³-hybridized carbons (Fsp3) is 0.429. The lowest BCUT2D eigenvalue weighted by molar-refractivity contribution is 0.505. The average Bonchev–Trinajstić information content (AvgIpc) is 2.86. The van der Waals surface area contributed by atoms with Gasteiger partial charge in [0.25, 0.3) is 0 Å². The minimum atomic E-state index is 0.0317. The van der Waals surface area contributed by atoms with Crippen LogP contribution in [0.4, 0.5) is 0 Å². The fourth-order valence-corrected chi connectivity index (χ4v) is 2.11. The van der Waals surface area contributed by atoms with Crippen molar-refractivity contribution in [2.75, 3.05) is 0 Å². The van der Waals surface area contributed by atoms with E-state index in [1.807, 2.05) is 36.0 Å². The molecule has 2 aromatic rings. The van der Waals surface area contributed by atoms with E-state index >= 15 is 0 Å². The number of aromatic nitrogens is 3. The molecule has 3 N–H and O–H groups in total. The molecule has 0 spiro atoms. The summed E-state index contributed by atoms with van der Waals surface area (Å²) in [4.78, 5) is 4.30. The Kier molecular flexibility index (Phi) is 4.29. The van der Waals surface area contributed by atoms with Crippen molar-refractivity contribution in [2.24, 2.45) is 5.84 Å². The van der Waals surface area contributed by atoms with E-state index in [0.717, 1.165) is 23.4 Å². The summed E-state index contributed by atoms with van der Waals surface area (Å²) in [6, 6.07) is 6.42. The molecule has 0 saturated carbocycles. The van der Waals surface area contributed by atoms with Crippen LogP contribution in [0, 0.1) is 6.92 Å². The van der Waals surface area contributed by atoms with E-state index in [4.69, 9.17) is 5.84 Å². The minimum Gasteiger partial charge on any atom is -0.271 e. The lowest BCUT2D eigenvalue weighted by Crippen LogP contribution is -2.30. The normalized spacial score (nSPS) is 12.9. The largest absolute Gasteiger partial charge is 0.271 e. The SMILES string of the molecule is Cc1ncccc1C(Cc1ccn(C(C)C)n1)NN. The molecule has 0 radical (unpaired) electrons. The maximum atomic E-state index is 5.68. The summed E-state index contributed by atoms with van der Waals surface area (Å²) in [5, 5.41) is 4.55. The van der Waals surface area contributed by atoms with Gasteiger partial charge in [-0.25, -0.2) is 0 Å². The number of nitrogens with two attached hydrogens (primary N) is 1. The average molecular weight is 259 g/mol. The lowest BCUT2D eigenvalue weighted by atomic mass is 10.0. The van der Waals surface area contributed by atoms with Crippen molar-refractivity contribution < 1.29 is 0 Å². The summed E-state index contributed by atoms with van der Waals surface area (Å²) >= 11 is 0. The van der Waals surface area contributed by atoms with Gasteiger partial charge in [0.2, 0.25) is 0 Å². The van der Waals surface area contributed by atoms with E-state index in [9.17, 15) is 0 Å². The minimum absolute atomic E-state index is 0.0317. The fourth-order valence-electron chi connectivity index (χ4n) is 2.11. The molecule has 0 saturated heterocycles. The van der Waals surface area contributed by atoms with Crippen LogP contribution in [0.3, 0.4) is 0 Å². The monoisotopic (exact) mass is 259 g/mol. The van der Waals surface area contributed by atoms with Gasteiger partial charge in [0.1, 0.15) is 0 Å². The summed E-state index contributed by atoms with van der Waals surface area (Å²) in [7, 11) is 0. The van der Waals surface area contributed by atoms with Gasteiger partial charge in [-0.05, 0) is 38.5 Å². The van der Waals surface area contributed by atoms with Gasteiger partial charge in [-0.15, -0.1) is 0 Å². The van der Waals surface area contributed by atoms with Crippen molar-refractivity contribution in [1.82, 2.24) is 20.2 Å². The van der Waals surface area contributed by atoms with E-state index in [1.165, 1.54) is 0 Å². The molecule has 0 aliphatic carbocycles. The van der Waals surface area contributed by atoms with Gasteiger partial charge >= 0.3 is 0 Å². The molecule has 2 heterocycles. The third kappa shape index (κ3) is 3.19. The third-order valence-electron chi connectivity index (χ3n) is 3.23. The predicted molar refractivity (Wildman–Crippen MR) is 75.4 cm³/mol. The standard InChI is InChI=1S/C14H21N5/c1-10(2)19-8-6-12(18-19)9-14(17-15)13-5-4-7-16-11(13)3/h4-8,10,14,17H,9,15H2,1-3H3. The van der Waals surface area contributed by atoms with Gasteiger partial charge in [-0.3, -0.25) is 20.9 Å². The van der Waals surface area contributed by atoms with Crippen LogP contribution in [-0.2, 0) is 6.42 Å². The van der Waals surface area contributed by atoms with Gasteiger partial charge in [-0.1, -0.05) is 6.07 Å². The first kappa shape index (κ1) is 13.7. The zero-order chi connectivity index (χ0) is 13.8. The molecule has 0 aromatic carbocycles. The Balaban J connectivity index is 2.17. The Labute approximate surface area is 113 Å². The van der Waals surface area contributed by atoms with Crippen molar-refractivity contribution in [3.8, 4) is 0 Å². The molecule has 0 bridgehead atoms. The van der Waals surface area contributed by atoms with E-state index in [0.29, 0.717) is 6.04 Å². The van der Waals surface area contributed by atoms with Crippen LogP contribution in [0.2, 0.25) is 0 Å². The second-order valence-corrected chi connectivity index (χ2v) is 4.98. The molecule has 2 aromatic heterocycles. The third-order valence-corrected chi connectivity index (χ3v) is 3.23. The second kappa shape index (κ2) is 5.95. The molecular weight excluding hydrogens is 238 g/mol. The van der Waals surface area contributed by atoms with Gasteiger partial charge in [-0.2, -0.15) is 5.10 Å². The molecule has 0 aliphatic rings. The van der Waals surface area contributed by atoms with Crippen LogP contribution < -0.4 is 11.3 Å². The smallest absolute Gasteiger partial charge is 0.0644 e. The molecule has 2 rings (SSSR count). The lowest BCUT2D eigenvalue weighted by Gasteiger charge is -2.16. The molecule has 102 valence electrons. The van der Waals surface area contributed by atoms with Crippen LogP contribution in [0.5, 0.6) is 0 Å². The molecule has 0 fully saturated rings. The summed E-state index contributed by atoms with van der Waals surface area (Å²) in [5.41, 5.74) is 5.99. The first-order valence-electron chi connectivity index (χ1n) is 6.53. The Morgan fingerprint density at radius 3 is 2.74 bits per heavy atom. The van der Waals surface area contributed by atoms with Crippen LogP contribution in [0.1, 0.15) is 42.9 Å². The van der Waals surface area contributed by atoms with Crippen LogP contribution >= 0.6 is 0 Å². The van der Waals surface area contributed by atoms with E-state index < -0.39 is 0 Å². The quantitative estimate of drug-likeness (QED) is 0.636. The van der Waals surface area contributed by atoms with Crippen molar-refractivity contribution in [3.63, 3.8) is 0 Å². The number of nitrogens with zero attached hydrogens (tertiary/aromatic N) is 3. The molecule has 5 nitrogen and oxygen atoms in total. The van der Waals surface area contributed by atoms with Crippen molar-refractivity contribution in [1.29, 1.82) is 0 Å². The second-order valence-electron chi connectivity index (χ2n) is 4.98. The van der Waals surface area contributed by atoms with Crippen LogP contribution in [0.25, 0.3) is 0 Å². The summed E-state index contributed by atoms with van der Waals surface area (Å²) in [6.07, 6.45) is 4.55. The summed E-state index contributed by atoms with van der Waals surface area (Å²) in [6.45, 7) is 6.22. The number of pyridine rings is 1. The van der Waals surface area contributed by atoms with Crippen molar-refractivity contribution >= 4 is 0 Å². The maximum Gasteiger partial charge on any atom is 0.0644 e. The van der Waals surface area contributed by atoms with Gasteiger partial charge in [0, 0.05) is 30.6 Å². The number of aryl methyl sites for hydroxylation is 1. The molecule has 0 aliphatic heterocycles. The number of rotatable bonds is 5. The molecule has 1 atom stereocenters. The number of hydrogen-bond donors (Lipinski definition) is 2. The summed E-state index contributed by atoms with van der Waals surface area (Å²) < 4.78 is 1.96. The van der Waals surface area contributed by atoms with E-state index in [1.54, 1.807) is 6.20 Å². The highest BCUT2D eigenvalue weighted by Gasteiger charge is 2.15. The van der Waals surface area contributed by atoms with Gasteiger partial charge < -0.3 is 0 Å². The Morgan fingerprint density at radius 1 is 1.37 bits per heavy atom. The predicted octanol–water partition coefficient (Wildman–Crippen LogP) is 1.91. The van der Waals surface area contributed by atoms with E-state index in [-0.39, 0.29) is 6.04 Å². The zero-order valence-corrected chi connectivity index (χ0v) is 11.7. The first-order chi connectivity index (χ1) is 9.11. The Bertz CT molecular complexity index is 532. The topological polar surface area (TPSA) is 68.8 Å². The number of nitrogens with one attached hydrogen (secondary N) is 1. The molecule has 0 amide bonds. The molecular formula is C14H21N5. The first-order valence-corrected chi connectivity index (χ1v) is 6.53. The highest BCUT2D eigenvalue weighted by atomic mass is 15.3. The Hall–Kier alpha value is -1.72. The highest BCUT2D eigenvalue weighted by molar-refractivity contribution is 5.24.